The van der Waals surface area contributed by atoms with Crippen LogP contribution in [0.3, 0.4) is 0 Å². The maximum Gasteiger partial charge on any atom is 0.237 e. The number of carbonyl (C=O) groups is 1. The summed E-state index contributed by atoms with van der Waals surface area (Å²) in [5.74, 6) is 1.09. The van der Waals surface area contributed by atoms with E-state index in [1.165, 1.54) is 12.1 Å². The number of hydrogen-bond acceptors (Lipinski definition) is 5. The zero-order chi connectivity index (χ0) is 20.9. The first kappa shape index (κ1) is 20.2. The Kier molecular flexibility index (Phi) is 6.18. The van der Waals surface area contributed by atoms with Crippen molar-refractivity contribution in [1.29, 1.82) is 0 Å². The fourth-order valence-corrected chi connectivity index (χ4v) is 3.83. The summed E-state index contributed by atoms with van der Waals surface area (Å²) in [7, 11) is 1.92. The van der Waals surface area contributed by atoms with E-state index in [0.717, 1.165) is 24.1 Å². The summed E-state index contributed by atoms with van der Waals surface area (Å²) < 4.78 is 19.0. The Morgan fingerprint density at radius 2 is 2.07 bits per heavy atom. The van der Waals surface area contributed by atoms with E-state index >= 15 is 0 Å². The van der Waals surface area contributed by atoms with Crippen LogP contribution in [-0.2, 0) is 17.8 Å². The molecule has 1 atom stereocenters. The van der Waals surface area contributed by atoms with Gasteiger partial charge >= 0.3 is 0 Å². The highest BCUT2D eigenvalue weighted by Gasteiger charge is 2.33. The number of amides is 1. The molecule has 156 valence electrons. The molecule has 3 aromatic rings. The summed E-state index contributed by atoms with van der Waals surface area (Å²) in [5, 5.41) is 0. The largest absolute Gasteiger partial charge is 0.443 e. The van der Waals surface area contributed by atoms with Gasteiger partial charge in [0.2, 0.25) is 11.8 Å². The molecule has 0 spiro atoms. The highest BCUT2D eigenvalue weighted by atomic mass is 19.1. The molecular weight excluding hydrogens is 383 g/mol. The van der Waals surface area contributed by atoms with Gasteiger partial charge < -0.3 is 9.32 Å². The van der Waals surface area contributed by atoms with E-state index in [4.69, 9.17) is 4.42 Å². The van der Waals surface area contributed by atoms with Crippen molar-refractivity contribution in [2.45, 2.75) is 31.8 Å². The summed E-state index contributed by atoms with van der Waals surface area (Å²) >= 11 is 0. The number of aromatic nitrogens is 2. The van der Waals surface area contributed by atoms with Crippen LogP contribution in [-0.4, -0.2) is 45.8 Å². The second kappa shape index (κ2) is 9.17. The molecule has 6 nitrogen and oxygen atoms in total. The average molecular weight is 408 g/mol. The first-order valence-electron chi connectivity index (χ1n) is 10.2. The Labute approximate surface area is 175 Å². The van der Waals surface area contributed by atoms with Crippen molar-refractivity contribution in [1.82, 2.24) is 19.8 Å². The number of carbonyl (C=O) groups excluding carboxylic acids is 1. The van der Waals surface area contributed by atoms with E-state index < -0.39 is 0 Å². The van der Waals surface area contributed by atoms with Crippen LogP contribution in [0.5, 0.6) is 0 Å². The van der Waals surface area contributed by atoms with Crippen LogP contribution in [0, 0.1) is 5.82 Å². The number of likely N-dealkylation sites (N-methyl/N-ethyl adjacent to an activating group) is 1. The minimum absolute atomic E-state index is 0.0641. The lowest BCUT2D eigenvalue weighted by Crippen LogP contribution is -2.38. The van der Waals surface area contributed by atoms with Crippen molar-refractivity contribution in [3.63, 3.8) is 0 Å². The van der Waals surface area contributed by atoms with E-state index in [2.05, 4.69) is 9.97 Å². The monoisotopic (exact) mass is 408 g/mol. The average Bonchev–Trinajstić information content (AvgIpc) is 3.40. The number of oxazole rings is 1. The van der Waals surface area contributed by atoms with Gasteiger partial charge in [0, 0.05) is 25.7 Å². The topological polar surface area (TPSA) is 62.5 Å². The predicted octanol–water partition coefficient (Wildman–Crippen LogP) is 3.60. The number of hydrogen-bond donors (Lipinski definition) is 0. The molecule has 0 N–H and O–H groups in total. The lowest BCUT2D eigenvalue weighted by atomic mass is 10.1. The summed E-state index contributed by atoms with van der Waals surface area (Å²) in [6.45, 7) is 1.64. The second-order valence-corrected chi connectivity index (χ2v) is 7.71. The molecule has 4 rings (SSSR count). The minimum Gasteiger partial charge on any atom is -0.443 e. The van der Waals surface area contributed by atoms with Crippen molar-refractivity contribution >= 4 is 5.91 Å². The van der Waals surface area contributed by atoms with Gasteiger partial charge in [0.05, 0.1) is 18.4 Å². The van der Waals surface area contributed by atoms with Gasteiger partial charge in [-0.2, -0.15) is 0 Å². The molecule has 30 heavy (non-hydrogen) atoms. The maximum atomic E-state index is 13.1. The molecule has 2 aromatic heterocycles. The summed E-state index contributed by atoms with van der Waals surface area (Å²) in [6, 6.07) is 12.0. The highest BCUT2D eigenvalue weighted by Crippen LogP contribution is 2.32. The number of benzene rings is 1. The Morgan fingerprint density at radius 3 is 2.83 bits per heavy atom. The number of rotatable bonds is 7. The fraction of sp³-hybridized carbons (Fsp3) is 0.348. The Hall–Kier alpha value is -3.06. The quantitative estimate of drug-likeness (QED) is 0.598. The standard InChI is InChI=1S/C23H25FN4O2/c1-27(15-19-5-2-3-11-25-19)16-22(29)28-12-4-6-21(28)23-26-14-20(30-23)13-17-7-9-18(24)10-8-17/h2-3,5,7-11,14,21H,4,6,12-13,15-16H2,1H3/t21-/m0/s1. The van der Waals surface area contributed by atoms with Crippen LogP contribution in [0.4, 0.5) is 4.39 Å². The predicted molar refractivity (Wildman–Crippen MR) is 110 cm³/mol. The first-order valence-corrected chi connectivity index (χ1v) is 10.2. The smallest absolute Gasteiger partial charge is 0.237 e. The van der Waals surface area contributed by atoms with Crippen LogP contribution in [0.2, 0.25) is 0 Å². The molecule has 3 heterocycles. The Morgan fingerprint density at radius 1 is 1.23 bits per heavy atom. The summed E-state index contributed by atoms with van der Waals surface area (Å²) in [6.07, 6.45) is 5.77. The molecule has 1 saturated heterocycles. The van der Waals surface area contributed by atoms with E-state index in [9.17, 15) is 9.18 Å². The Balaban J connectivity index is 1.37. The molecule has 0 radical (unpaired) electrons. The SMILES string of the molecule is CN(CC(=O)N1CCC[C@H]1c1ncc(Cc2ccc(F)cc2)o1)Cc1ccccn1. The molecule has 1 aromatic carbocycles. The normalized spacial score (nSPS) is 16.4. The van der Waals surface area contributed by atoms with E-state index in [-0.39, 0.29) is 17.8 Å². The first-order chi connectivity index (χ1) is 14.6. The van der Waals surface area contributed by atoms with Gasteiger partial charge in [0.1, 0.15) is 17.6 Å². The minimum atomic E-state index is -0.259. The van der Waals surface area contributed by atoms with Crippen LogP contribution >= 0.6 is 0 Å². The van der Waals surface area contributed by atoms with Gasteiger partial charge in [-0.3, -0.25) is 14.7 Å². The number of pyridine rings is 1. The molecule has 1 aliphatic rings. The van der Waals surface area contributed by atoms with Crippen LogP contribution in [0.25, 0.3) is 0 Å². The van der Waals surface area contributed by atoms with E-state index in [0.29, 0.717) is 37.7 Å². The van der Waals surface area contributed by atoms with E-state index in [1.807, 2.05) is 35.0 Å². The fourth-order valence-electron chi connectivity index (χ4n) is 3.83. The highest BCUT2D eigenvalue weighted by molar-refractivity contribution is 5.79. The molecule has 7 heteroatoms. The lowest BCUT2D eigenvalue weighted by molar-refractivity contribution is -0.133. The maximum absolute atomic E-state index is 13.1. The lowest BCUT2D eigenvalue weighted by Gasteiger charge is -2.25. The van der Waals surface area contributed by atoms with Gasteiger partial charge in [-0.05, 0) is 49.7 Å². The summed E-state index contributed by atoms with van der Waals surface area (Å²) in [4.78, 5) is 25.5. The van der Waals surface area contributed by atoms with Crippen LogP contribution < -0.4 is 0 Å². The third kappa shape index (κ3) is 4.91. The van der Waals surface area contributed by atoms with E-state index in [1.54, 1.807) is 24.5 Å². The van der Waals surface area contributed by atoms with Crippen LogP contribution in [0.1, 0.15) is 41.8 Å². The van der Waals surface area contributed by atoms with Crippen molar-refractivity contribution < 1.29 is 13.6 Å². The van der Waals surface area contributed by atoms with Crippen molar-refractivity contribution in [3.8, 4) is 0 Å². The van der Waals surface area contributed by atoms with Gasteiger partial charge in [0.25, 0.3) is 0 Å². The van der Waals surface area contributed by atoms with Crippen molar-refractivity contribution in [3.05, 3.63) is 83.6 Å². The van der Waals surface area contributed by atoms with Crippen LogP contribution in [0.15, 0.2) is 59.3 Å². The van der Waals surface area contributed by atoms with Gasteiger partial charge in [-0.15, -0.1) is 0 Å². The zero-order valence-electron chi connectivity index (χ0n) is 17.0. The molecular formula is C23H25FN4O2. The van der Waals surface area contributed by atoms with Gasteiger partial charge in [0.15, 0.2) is 0 Å². The second-order valence-electron chi connectivity index (χ2n) is 7.71. The molecule has 0 unspecified atom stereocenters. The molecule has 0 aliphatic carbocycles. The van der Waals surface area contributed by atoms with Gasteiger partial charge in [-0.1, -0.05) is 18.2 Å². The number of nitrogens with zero attached hydrogens (tertiary/aromatic N) is 4. The van der Waals surface area contributed by atoms with Crippen molar-refractivity contribution in [2.24, 2.45) is 0 Å². The zero-order valence-corrected chi connectivity index (χ0v) is 17.0. The molecule has 0 bridgehead atoms. The molecule has 1 amide bonds. The number of halogens is 1. The molecule has 1 fully saturated rings. The Bertz CT molecular complexity index is 974. The van der Waals surface area contributed by atoms with Crippen molar-refractivity contribution in [2.75, 3.05) is 20.1 Å². The summed E-state index contributed by atoms with van der Waals surface area (Å²) in [5.41, 5.74) is 1.89. The number of likely N-dealkylation sites (tertiary alicyclic amines) is 1. The third-order valence-corrected chi connectivity index (χ3v) is 5.28. The third-order valence-electron chi connectivity index (χ3n) is 5.28. The van der Waals surface area contributed by atoms with Gasteiger partial charge in [-0.25, -0.2) is 9.37 Å². The molecule has 1 aliphatic heterocycles. The molecule has 0 saturated carbocycles.